The van der Waals surface area contributed by atoms with Gasteiger partial charge in [0.2, 0.25) is 5.91 Å². The Hall–Kier alpha value is -0.420. The molecular formula is C11H19ClF2N2O. The summed E-state index contributed by atoms with van der Waals surface area (Å²) in [5.74, 6) is -2.80. The van der Waals surface area contributed by atoms with Crippen molar-refractivity contribution in [3.8, 4) is 0 Å². The fourth-order valence-electron chi connectivity index (χ4n) is 2.57. The molecule has 0 aromatic rings. The van der Waals surface area contributed by atoms with Gasteiger partial charge in [-0.1, -0.05) is 19.3 Å². The summed E-state index contributed by atoms with van der Waals surface area (Å²) in [6.07, 6.45) is 5.30. The number of hydrogen-bond acceptors (Lipinski definition) is 2. The predicted octanol–water partition coefficient (Wildman–Crippen LogP) is 1.79. The lowest BCUT2D eigenvalue weighted by Crippen LogP contribution is -2.62. The highest BCUT2D eigenvalue weighted by Gasteiger charge is 2.47. The topological polar surface area (TPSA) is 46.3 Å². The monoisotopic (exact) mass is 268 g/mol. The minimum absolute atomic E-state index is 0. The van der Waals surface area contributed by atoms with Crippen LogP contribution in [0.2, 0.25) is 0 Å². The van der Waals surface area contributed by atoms with Gasteiger partial charge >= 0.3 is 0 Å². The molecule has 2 N–H and O–H groups in total. The van der Waals surface area contributed by atoms with Gasteiger partial charge in [0.15, 0.2) is 0 Å². The minimum atomic E-state index is -2.69. The van der Waals surface area contributed by atoms with Crippen LogP contribution in [0.25, 0.3) is 0 Å². The van der Waals surface area contributed by atoms with Crippen molar-refractivity contribution in [2.24, 2.45) is 11.7 Å². The number of alkyl halides is 2. The van der Waals surface area contributed by atoms with Crippen LogP contribution in [0.15, 0.2) is 0 Å². The second-order valence-electron chi connectivity index (χ2n) is 4.97. The number of carbonyl (C=O) groups is 1. The van der Waals surface area contributed by atoms with E-state index < -0.39 is 25.1 Å². The summed E-state index contributed by atoms with van der Waals surface area (Å²) in [6, 6.07) is -0.573. The van der Waals surface area contributed by atoms with Gasteiger partial charge in [0.25, 0.3) is 5.92 Å². The third kappa shape index (κ3) is 3.28. The zero-order valence-electron chi connectivity index (χ0n) is 9.70. The number of carbonyl (C=O) groups excluding carboxylic acids is 1. The first-order chi connectivity index (χ1) is 7.49. The maximum atomic E-state index is 12.6. The molecule has 2 fully saturated rings. The number of halogens is 3. The lowest BCUT2D eigenvalue weighted by atomic mass is 9.83. The van der Waals surface area contributed by atoms with Crippen molar-refractivity contribution in [1.29, 1.82) is 0 Å². The van der Waals surface area contributed by atoms with Gasteiger partial charge in [0, 0.05) is 0 Å². The van der Waals surface area contributed by atoms with E-state index in [-0.39, 0.29) is 24.2 Å². The van der Waals surface area contributed by atoms with Gasteiger partial charge in [0.05, 0.1) is 19.1 Å². The standard InChI is InChI=1S/C11H18F2N2O.ClH/c12-11(13)6-15(7-11)10(16)9(14)8-4-2-1-3-5-8;/h8-9H,1-7,14H2;1H. The van der Waals surface area contributed by atoms with Crippen molar-refractivity contribution in [2.45, 2.75) is 44.1 Å². The molecule has 3 nitrogen and oxygen atoms in total. The highest BCUT2D eigenvalue weighted by Crippen LogP contribution is 2.30. The van der Waals surface area contributed by atoms with E-state index in [1.165, 1.54) is 11.3 Å². The number of rotatable bonds is 2. The molecule has 6 heteroatoms. The molecule has 1 saturated heterocycles. The Balaban J connectivity index is 0.00000144. The van der Waals surface area contributed by atoms with Crippen LogP contribution >= 0.6 is 12.4 Å². The average Bonchev–Trinajstić information content (AvgIpc) is 2.25. The largest absolute Gasteiger partial charge is 0.329 e. The third-order valence-corrected chi connectivity index (χ3v) is 3.60. The van der Waals surface area contributed by atoms with Gasteiger partial charge in [0.1, 0.15) is 0 Å². The molecule has 1 saturated carbocycles. The number of likely N-dealkylation sites (tertiary alicyclic amines) is 1. The zero-order valence-corrected chi connectivity index (χ0v) is 10.5. The summed E-state index contributed by atoms with van der Waals surface area (Å²) in [6.45, 7) is -0.904. The van der Waals surface area contributed by atoms with Gasteiger partial charge in [-0.05, 0) is 18.8 Å². The quantitative estimate of drug-likeness (QED) is 0.830. The Morgan fingerprint density at radius 1 is 1.24 bits per heavy atom. The Morgan fingerprint density at radius 2 is 1.76 bits per heavy atom. The molecule has 100 valence electrons. The minimum Gasteiger partial charge on any atom is -0.329 e. The molecule has 1 aliphatic heterocycles. The molecule has 0 bridgehead atoms. The van der Waals surface area contributed by atoms with E-state index in [2.05, 4.69) is 0 Å². The van der Waals surface area contributed by atoms with Crippen LogP contribution in [-0.2, 0) is 4.79 Å². The van der Waals surface area contributed by atoms with Crippen molar-refractivity contribution in [1.82, 2.24) is 4.90 Å². The van der Waals surface area contributed by atoms with Gasteiger partial charge in [-0.3, -0.25) is 4.79 Å². The van der Waals surface area contributed by atoms with E-state index in [0.29, 0.717) is 0 Å². The van der Waals surface area contributed by atoms with Crippen molar-refractivity contribution in [2.75, 3.05) is 13.1 Å². The molecule has 1 atom stereocenters. The van der Waals surface area contributed by atoms with Gasteiger partial charge < -0.3 is 10.6 Å². The molecule has 2 rings (SSSR count). The lowest BCUT2D eigenvalue weighted by molar-refractivity contribution is -0.168. The molecule has 1 aliphatic carbocycles. The molecule has 0 aromatic heterocycles. The molecule has 1 unspecified atom stereocenters. The summed E-state index contributed by atoms with van der Waals surface area (Å²) in [4.78, 5) is 13.0. The van der Waals surface area contributed by atoms with E-state index in [1.54, 1.807) is 0 Å². The van der Waals surface area contributed by atoms with Crippen molar-refractivity contribution < 1.29 is 13.6 Å². The molecule has 2 aliphatic rings. The highest BCUT2D eigenvalue weighted by molar-refractivity contribution is 5.85. The second-order valence-corrected chi connectivity index (χ2v) is 4.97. The van der Waals surface area contributed by atoms with Crippen molar-refractivity contribution >= 4 is 18.3 Å². The first kappa shape index (κ1) is 14.6. The molecule has 17 heavy (non-hydrogen) atoms. The maximum absolute atomic E-state index is 12.6. The predicted molar refractivity (Wildman–Crippen MR) is 63.3 cm³/mol. The number of amides is 1. The molecule has 0 radical (unpaired) electrons. The number of nitrogens with two attached hydrogens (primary N) is 1. The Bertz CT molecular complexity index is 275. The SMILES string of the molecule is Cl.NC(C(=O)N1CC(F)(F)C1)C1CCCCC1. The Labute approximate surface area is 106 Å². The summed E-state index contributed by atoms with van der Waals surface area (Å²) >= 11 is 0. The van der Waals surface area contributed by atoms with Crippen LogP contribution in [-0.4, -0.2) is 35.9 Å². The molecule has 1 heterocycles. The normalized spacial score (nSPS) is 25.7. The van der Waals surface area contributed by atoms with Crippen LogP contribution in [0.1, 0.15) is 32.1 Å². The van der Waals surface area contributed by atoms with E-state index >= 15 is 0 Å². The number of hydrogen-bond donors (Lipinski definition) is 1. The molecule has 0 aromatic carbocycles. The van der Waals surface area contributed by atoms with Crippen LogP contribution in [0.5, 0.6) is 0 Å². The van der Waals surface area contributed by atoms with Crippen LogP contribution < -0.4 is 5.73 Å². The zero-order chi connectivity index (χ0) is 11.8. The van der Waals surface area contributed by atoms with Crippen LogP contribution in [0, 0.1) is 5.92 Å². The number of nitrogens with zero attached hydrogens (tertiary/aromatic N) is 1. The second kappa shape index (κ2) is 5.48. The first-order valence-electron chi connectivity index (χ1n) is 5.92. The third-order valence-electron chi connectivity index (χ3n) is 3.60. The van der Waals surface area contributed by atoms with Crippen molar-refractivity contribution in [3.63, 3.8) is 0 Å². The van der Waals surface area contributed by atoms with Crippen LogP contribution in [0.3, 0.4) is 0 Å². The van der Waals surface area contributed by atoms with Crippen LogP contribution in [0.4, 0.5) is 8.78 Å². The fourth-order valence-corrected chi connectivity index (χ4v) is 2.57. The van der Waals surface area contributed by atoms with Gasteiger partial charge in [-0.15, -0.1) is 12.4 Å². The van der Waals surface area contributed by atoms with E-state index in [0.717, 1.165) is 25.7 Å². The fraction of sp³-hybridized carbons (Fsp3) is 0.909. The maximum Gasteiger partial charge on any atom is 0.282 e. The van der Waals surface area contributed by atoms with E-state index in [4.69, 9.17) is 5.73 Å². The highest BCUT2D eigenvalue weighted by atomic mass is 35.5. The first-order valence-corrected chi connectivity index (χ1v) is 5.92. The van der Waals surface area contributed by atoms with E-state index in [1.807, 2.05) is 0 Å². The van der Waals surface area contributed by atoms with Crippen molar-refractivity contribution in [3.05, 3.63) is 0 Å². The average molecular weight is 269 g/mol. The molecule has 0 spiro atoms. The van der Waals surface area contributed by atoms with Gasteiger partial charge in [-0.25, -0.2) is 8.78 Å². The Kier molecular flexibility index (Phi) is 4.72. The van der Waals surface area contributed by atoms with E-state index in [9.17, 15) is 13.6 Å². The summed E-state index contributed by atoms with van der Waals surface area (Å²) in [7, 11) is 0. The summed E-state index contributed by atoms with van der Waals surface area (Å²) in [5, 5.41) is 0. The summed E-state index contributed by atoms with van der Waals surface area (Å²) in [5.41, 5.74) is 5.85. The molecule has 1 amide bonds. The lowest BCUT2D eigenvalue weighted by Gasteiger charge is -2.41. The Morgan fingerprint density at radius 3 is 2.24 bits per heavy atom. The summed E-state index contributed by atoms with van der Waals surface area (Å²) < 4.78 is 25.2. The molecular weight excluding hydrogens is 250 g/mol. The van der Waals surface area contributed by atoms with Gasteiger partial charge in [-0.2, -0.15) is 0 Å². The smallest absolute Gasteiger partial charge is 0.282 e.